The van der Waals surface area contributed by atoms with Gasteiger partial charge in [-0.1, -0.05) is 13.8 Å². The predicted octanol–water partition coefficient (Wildman–Crippen LogP) is 2.82. The molecule has 11 heteroatoms. The largest absolute Gasteiger partial charge is 0.376 e. The number of sulfonamides is 1. The topological polar surface area (TPSA) is 98.8 Å². The van der Waals surface area contributed by atoms with Crippen molar-refractivity contribution in [2.45, 2.75) is 25.2 Å². The molecule has 0 aliphatic carbocycles. The summed E-state index contributed by atoms with van der Waals surface area (Å²) >= 11 is 0. The summed E-state index contributed by atoms with van der Waals surface area (Å²) < 4.78 is 53.7. The standard InChI is InChI=1S/C22H28F2N4O4S/c1-5-28(6-2)33(31,32)16-8-10-20(27(3)4)19(14-16)26-21(29)11-12-25-22(30)17-9-7-15(23)13-18(17)24/h7-10,13-14H,5-6,11-12H2,1-4H3,(H,25,30)(H,26,29). The second-order valence-corrected chi connectivity index (χ2v) is 9.28. The van der Waals surface area contributed by atoms with Crippen LogP contribution in [-0.4, -0.2) is 58.3 Å². The van der Waals surface area contributed by atoms with Gasteiger partial charge < -0.3 is 15.5 Å². The summed E-state index contributed by atoms with van der Waals surface area (Å²) in [6.07, 6.45) is -0.144. The van der Waals surface area contributed by atoms with E-state index in [2.05, 4.69) is 10.6 Å². The van der Waals surface area contributed by atoms with Gasteiger partial charge >= 0.3 is 0 Å². The fraction of sp³-hybridized carbons (Fsp3) is 0.364. The molecule has 0 aromatic heterocycles. The Labute approximate surface area is 192 Å². The number of halogens is 2. The van der Waals surface area contributed by atoms with E-state index in [1.54, 1.807) is 38.9 Å². The summed E-state index contributed by atoms with van der Waals surface area (Å²) in [5, 5.41) is 5.08. The lowest BCUT2D eigenvalue weighted by molar-refractivity contribution is -0.116. The fourth-order valence-corrected chi connectivity index (χ4v) is 4.63. The summed E-state index contributed by atoms with van der Waals surface area (Å²) in [4.78, 5) is 26.3. The van der Waals surface area contributed by atoms with Crippen LogP contribution in [0.15, 0.2) is 41.3 Å². The van der Waals surface area contributed by atoms with Crippen molar-refractivity contribution >= 4 is 33.2 Å². The van der Waals surface area contributed by atoms with Crippen LogP contribution in [0.1, 0.15) is 30.6 Å². The molecule has 0 atom stereocenters. The van der Waals surface area contributed by atoms with E-state index in [0.717, 1.165) is 12.1 Å². The molecule has 2 aromatic rings. The number of amides is 2. The Bertz CT molecular complexity index is 1120. The molecule has 2 N–H and O–H groups in total. The lowest BCUT2D eigenvalue weighted by Gasteiger charge is -2.22. The molecule has 180 valence electrons. The van der Waals surface area contributed by atoms with Gasteiger partial charge in [0, 0.05) is 46.2 Å². The zero-order valence-electron chi connectivity index (χ0n) is 19.0. The van der Waals surface area contributed by atoms with Crippen molar-refractivity contribution in [2.75, 3.05) is 43.9 Å². The third kappa shape index (κ3) is 6.48. The van der Waals surface area contributed by atoms with Crippen molar-refractivity contribution < 1.29 is 26.8 Å². The average Bonchev–Trinajstić information content (AvgIpc) is 2.74. The highest BCUT2D eigenvalue weighted by molar-refractivity contribution is 7.89. The van der Waals surface area contributed by atoms with E-state index in [0.29, 0.717) is 30.5 Å². The molecule has 33 heavy (non-hydrogen) atoms. The van der Waals surface area contributed by atoms with E-state index < -0.39 is 33.5 Å². The lowest BCUT2D eigenvalue weighted by Crippen LogP contribution is -2.31. The quantitative estimate of drug-likeness (QED) is 0.543. The smallest absolute Gasteiger partial charge is 0.254 e. The lowest BCUT2D eigenvalue weighted by atomic mass is 10.2. The van der Waals surface area contributed by atoms with Crippen LogP contribution in [-0.2, 0) is 14.8 Å². The number of anilines is 2. The van der Waals surface area contributed by atoms with Gasteiger partial charge in [0.05, 0.1) is 21.8 Å². The number of hydrogen-bond donors (Lipinski definition) is 2. The third-order valence-corrected chi connectivity index (χ3v) is 6.93. The van der Waals surface area contributed by atoms with Gasteiger partial charge in [0.1, 0.15) is 11.6 Å². The van der Waals surface area contributed by atoms with Crippen molar-refractivity contribution in [3.63, 3.8) is 0 Å². The maximum atomic E-state index is 13.7. The first-order chi connectivity index (χ1) is 15.5. The van der Waals surface area contributed by atoms with Crippen LogP contribution in [0.2, 0.25) is 0 Å². The molecule has 0 radical (unpaired) electrons. The van der Waals surface area contributed by atoms with E-state index in [4.69, 9.17) is 0 Å². The molecule has 0 bridgehead atoms. The van der Waals surface area contributed by atoms with Crippen molar-refractivity contribution in [1.29, 1.82) is 0 Å². The Morgan fingerprint density at radius 1 is 1.00 bits per heavy atom. The SMILES string of the molecule is CCN(CC)S(=O)(=O)c1ccc(N(C)C)c(NC(=O)CCNC(=O)c2ccc(F)cc2F)c1. The first-order valence-electron chi connectivity index (χ1n) is 10.4. The van der Waals surface area contributed by atoms with Gasteiger partial charge in [-0.2, -0.15) is 4.31 Å². The molecule has 0 aliphatic heterocycles. The average molecular weight is 483 g/mol. The molecule has 8 nitrogen and oxygen atoms in total. The highest BCUT2D eigenvalue weighted by Crippen LogP contribution is 2.29. The van der Waals surface area contributed by atoms with Crippen molar-refractivity contribution in [2.24, 2.45) is 0 Å². The van der Waals surface area contributed by atoms with Crippen LogP contribution in [0.25, 0.3) is 0 Å². The summed E-state index contributed by atoms with van der Waals surface area (Å²) in [6, 6.07) is 7.07. The minimum absolute atomic E-state index is 0.0483. The maximum Gasteiger partial charge on any atom is 0.254 e. The molecule has 0 spiro atoms. The number of carbonyl (C=O) groups excluding carboxylic acids is 2. The van der Waals surface area contributed by atoms with Gasteiger partial charge in [0.2, 0.25) is 15.9 Å². The second kappa shape index (κ2) is 11.2. The van der Waals surface area contributed by atoms with E-state index in [-0.39, 0.29) is 23.4 Å². The Morgan fingerprint density at radius 3 is 2.24 bits per heavy atom. The number of rotatable bonds is 10. The summed E-state index contributed by atoms with van der Waals surface area (Å²) in [6.45, 7) is 4.00. The van der Waals surface area contributed by atoms with Gasteiger partial charge in [0.25, 0.3) is 5.91 Å². The zero-order chi connectivity index (χ0) is 24.8. The summed E-state index contributed by atoms with van der Waals surface area (Å²) in [7, 11) is -0.222. The van der Waals surface area contributed by atoms with E-state index in [1.165, 1.54) is 16.4 Å². The van der Waals surface area contributed by atoms with Crippen molar-refractivity contribution in [1.82, 2.24) is 9.62 Å². The molecule has 0 unspecified atom stereocenters. The second-order valence-electron chi connectivity index (χ2n) is 7.34. The molecule has 0 aliphatic rings. The van der Waals surface area contributed by atoms with Gasteiger partial charge in [-0.3, -0.25) is 9.59 Å². The van der Waals surface area contributed by atoms with E-state index in [9.17, 15) is 26.8 Å². The van der Waals surface area contributed by atoms with Gasteiger partial charge in [0.15, 0.2) is 0 Å². The molecule has 2 aromatic carbocycles. The van der Waals surface area contributed by atoms with Crippen molar-refractivity contribution in [3.05, 3.63) is 53.6 Å². The minimum Gasteiger partial charge on any atom is -0.376 e. The predicted molar refractivity (Wildman–Crippen MR) is 123 cm³/mol. The number of nitrogens with one attached hydrogen (secondary N) is 2. The Hall–Kier alpha value is -3.05. The van der Waals surface area contributed by atoms with Crippen LogP contribution >= 0.6 is 0 Å². The monoisotopic (exact) mass is 482 g/mol. The molecule has 2 amide bonds. The highest BCUT2D eigenvalue weighted by atomic mass is 32.2. The molecular formula is C22H28F2N4O4S. The maximum absolute atomic E-state index is 13.7. The first kappa shape index (κ1) is 26.2. The van der Waals surface area contributed by atoms with Gasteiger partial charge in [-0.15, -0.1) is 0 Å². The molecule has 0 saturated carbocycles. The molecule has 0 heterocycles. The Balaban J connectivity index is 2.11. The number of nitrogens with zero attached hydrogens (tertiary/aromatic N) is 2. The normalized spacial score (nSPS) is 11.4. The molecule has 0 saturated heterocycles. The fourth-order valence-electron chi connectivity index (χ4n) is 3.15. The number of benzene rings is 2. The van der Waals surface area contributed by atoms with Crippen LogP contribution in [0.3, 0.4) is 0 Å². The van der Waals surface area contributed by atoms with Crippen LogP contribution in [0.4, 0.5) is 20.2 Å². The summed E-state index contributed by atoms with van der Waals surface area (Å²) in [5.41, 5.74) is 0.564. The van der Waals surface area contributed by atoms with E-state index >= 15 is 0 Å². The number of carbonyl (C=O) groups is 2. The Kier molecular flexibility index (Phi) is 8.89. The van der Waals surface area contributed by atoms with Crippen LogP contribution in [0.5, 0.6) is 0 Å². The number of hydrogen-bond acceptors (Lipinski definition) is 5. The van der Waals surface area contributed by atoms with Gasteiger partial charge in [-0.25, -0.2) is 17.2 Å². The van der Waals surface area contributed by atoms with Crippen molar-refractivity contribution in [3.8, 4) is 0 Å². The van der Waals surface area contributed by atoms with Gasteiger partial charge in [-0.05, 0) is 30.3 Å². The van der Waals surface area contributed by atoms with Crippen LogP contribution < -0.4 is 15.5 Å². The van der Waals surface area contributed by atoms with Crippen LogP contribution in [0, 0.1) is 11.6 Å². The molecular weight excluding hydrogens is 454 g/mol. The van der Waals surface area contributed by atoms with E-state index in [1.807, 2.05) is 0 Å². The third-order valence-electron chi connectivity index (χ3n) is 4.88. The molecule has 0 fully saturated rings. The Morgan fingerprint density at radius 2 is 1.67 bits per heavy atom. The zero-order valence-corrected chi connectivity index (χ0v) is 19.8. The molecule has 2 rings (SSSR count). The summed E-state index contributed by atoms with van der Waals surface area (Å²) in [5.74, 6) is -3.05. The minimum atomic E-state index is -3.72. The first-order valence-corrected chi connectivity index (χ1v) is 11.8. The highest BCUT2D eigenvalue weighted by Gasteiger charge is 2.23.